The largest absolute Gasteiger partial charge is 0.228 e. The predicted octanol–water partition coefficient (Wildman–Crippen LogP) is 15.3. The van der Waals surface area contributed by atoms with Crippen LogP contribution in [-0.2, 0) is 5.41 Å². The van der Waals surface area contributed by atoms with Crippen LogP contribution < -0.4 is 0 Å². The Morgan fingerprint density at radius 2 is 0.758 bits per heavy atom. The Labute approximate surface area is 366 Å². The summed E-state index contributed by atoms with van der Waals surface area (Å²) in [5.74, 6) is 0.706. The molecular formula is C59H38N2S. The van der Waals surface area contributed by atoms with E-state index in [4.69, 9.17) is 9.97 Å². The third-order valence-electron chi connectivity index (χ3n) is 12.6. The molecule has 290 valence electrons. The number of hydrogen-bond acceptors (Lipinski definition) is 3. The van der Waals surface area contributed by atoms with E-state index in [1.807, 2.05) is 36.0 Å². The third-order valence-corrected chi connectivity index (χ3v) is 13.7. The molecule has 0 saturated heterocycles. The van der Waals surface area contributed by atoms with Crippen LogP contribution in [0.5, 0.6) is 0 Å². The van der Waals surface area contributed by atoms with Crippen LogP contribution in [0.15, 0.2) is 240 Å². The van der Waals surface area contributed by atoms with E-state index < -0.39 is 5.41 Å². The molecule has 0 fully saturated rings. The molecule has 62 heavy (non-hydrogen) atoms. The molecule has 0 unspecified atom stereocenters. The minimum absolute atomic E-state index is 0.450. The Balaban J connectivity index is 1.05. The molecule has 12 rings (SSSR count). The Morgan fingerprint density at radius 3 is 1.44 bits per heavy atom. The highest BCUT2D eigenvalue weighted by molar-refractivity contribution is 7.99. The Kier molecular flexibility index (Phi) is 8.69. The molecule has 0 atom stereocenters. The van der Waals surface area contributed by atoms with Crippen LogP contribution in [0.25, 0.3) is 78.4 Å². The lowest BCUT2D eigenvalue weighted by atomic mass is 9.67. The Bertz CT molecular complexity index is 3220. The van der Waals surface area contributed by atoms with Crippen molar-refractivity contribution in [2.45, 2.75) is 15.2 Å². The average Bonchev–Trinajstić information content (AvgIpc) is 3.65. The summed E-state index contributed by atoms with van der Waals surface area (Å²) in [5, 5.41) is 0. The van der Waals surface area contributed by atoms with Gasteiger partial charge >= 0.3 is 0 Å². The summed E-state index contributed by atoms with van der Waals surface area (Å²) in [7, 11) is 0. The summed E-state index contributed by atoms with van der Waals surface area (Å²) in [6, 6.07) is 83.5. The standard InChI is InChI=1S/C59H38N2S/c1-4-18-39(19-5-1)53-38-54(61-58(60-53)41-22-8-3-9-23-41)44-25-16-24-42(36-44)45-28-17-29-46(57(45)40-20-6-2-7-21-40)43-34-35-56-52(37-43)59(51-32-14-15-33-55(51)62-56)49-30-12-10-26-47(49)48-27-11-13-31-50(48)59/h1-38H. The zero-order chi connectivity index (χ0) is 41.0. The minimum Gasteiger partial charge on any atom is -0.228 e. The highest BCUT2D eigenvalue weighted by atomic mass is 32.2. The van der Waals surface area contributed by atoms with Crippen molar-refractivity contribution in [2.24, 2.45) is 0 Å². The van der Waals surface area contributed by atoms with Crippen LogP contribution in [0.2, 0.25) is 0 Å². The fourth-order valence-electron chi connectivity index (χ4n) is 9.89. The fourth-order valence-corrected chi connectivity index (χ4v) is 11.1. The quantitative estimate of drug-likeness (QED) is 0.167. The normalized spacial score (nSPS) is 12.9. The fraction of sp³-hybridized carbons (Fsp3) is 0.0169. The summed E-state index contributed by atoms with van der Waals surface area (Å²) in [4.78, 5) is 12.8. The van der Waals surface area contributed by atoms with E-state index in [0.717, 1.165) is 33.6 Å². The summed E-state index contributed by atoms with van der Waals surface area (Å²) < 4.78 is 0. The number of aromatic nitrogens is 2. The second kappa shape index (κ2) is 14.8. The Hall–Kier alpha value is -7.59. The van der Waals surface area contributed by atoms with Gasteiger partial charge in [-0.2, -0.15) is 0 Å². The van der Waals surface area contributed by atoms with Crippen molar-refractivity contribution in [3.05, 3.63) is 253 Å². The van der Waals surface area contributed by atoms with Gasteiger partial charge in [0, 0.05) is 26.5 Å². The second-order valence-corrected chi connectivity index (χ2v) is 17.1. The van der Waals surface area contributed by atoms with Gasteiger partial charge in [0.2, 0.25) is 0 Å². The van der Waals surface area contributed by atoms with Gasteiger partial charge in [0.15, 0.2) is 5.82 Å². The van der Waals surface area contributed by atoms with Crippen molar-refractivity contribution < 1.29 is 0 Å². The number of rotatable bonds is 6. The van der Waals surface area contributed by atoms with Gasteiger partial charge in [0.1, 0.15) is 0 Å². The molecule has 0 radical (unpaired) electrons. The van der Waals surface area contributed by atoms with E-state index in [0.29, 0.717) is 5.82 Å². The maximum Gasteiger partial charge on any atom is 0.160 e. The lowest BCUT2D eigenvalue weighted by molar-refractivity contribution is 0.723. The van der Waals surface area contributed by atoms with Crippen molar-refractivity contribution in [1.82, 2.24) is 9.97 Å². The summed E-state index contributed by atoms with van der Waals surface area (Å²) in [6.45, 7) is 0. The van der Waals surface area contributed by atoms with E-state index >= 15 is 0 Å². The molecule has 2 heterocycles. The first-order valence-corrected chi connectivity index (χ1v) is 22.0. The molecule has 1 aromatic heterocycles. The molecule has 9 aromatic carbocycles. The van der Waals surface area contributed by atoms with Crippen LogP contribution in [-0.4, -0.2) is 9.97 Å². The van der Waals surface area contributed by atoms with Gasteiger partial charge < -0.3 is 0 Å². The monoisotopic (exact) mass is 806 g/mol. The first kappa shape index (κ1) is 36.3. The average molecular weight is 807 g/mol. The number of hydrogen-bond donors (Lipinski definition) is 0. The van der Waals surface area contributed by atoms with Crippen LogP contribution in [0.4, 0.5) is 0 Å². The van der Waals surface area contributed by atoms with E-state index in [2.05, 4.69) is 206 Å². The molecule has 0 bridgehead atoms. The molecule has 2 nitrogen and oxygen atoms in total. The molecule has 0 saturated carbocycles. The first-order chi connectivity index (χ1) is 30.7. The molecule has 0 amide bonds. The van der Waals surface area contributed by atoms with Crippen molar-refractivity contribution in [2.75, 3.05) is 0 Å². The molecule has 0 N–H and O–H groups in total. The van der Waals surface area contributed by atoms with Crippen LogP contribution in [0.3, 0.4) is 0 Å². The molecule has 1 aliphatic carbocycles. The van der Waals surface area contributed by atoms with Crippen LogP contribution >= 0.6 is 11.8 Å². The van der Waals surface area contributed by atoms with Crippen molar-refractivity contribution in [1.29, 1.82) is 0 Å². The van der Waals surface area contributed by atoms with Gasteiger partial charge in [-0.3, -0.25) is 0 Å². The van der Waals surface area contributed by atoms with Gasteiger partial charge in [-0.15, -0.1) is 0 Å². The molecule has 1 spiro atoms. The number of benzene rings is 9. The predicted molar refractivity (Wildman–Crippen MR) is 256 cm³/mol. The van der Waals surface area contributed by atoms with Gasteiger partial charge in [-0.05, 0) is 97.1 Å². The lowest BCUT2D eigenvalue weighted by Crippen LogP contribution is -2.32. The van der Waals surface area contributed by atoms with E-state index in [1.165, 1.54) is 71.0 Å². The topological polar surface area (TPSA) is 25.8 Å². The van der Waals surface area contributed by atoms with Crippen LogP contribution in [0.1, 0.15) is 22.3 Å². The summed E-state index contributed by atoms with van der Waals surface area (Å²) >= 11 is 1.89. The van der Waals surface area contributed by atoms with Gasteiger partial charge in [0.05, 0.1) is 16.8 Å². The van der Waals surface area contributed by atoms with Gasteiger partial charge in [0.25, 0.3) is 0 Å². The molecule has 1 aliphatic heterocycles. The maximum absolute atomic E-state index is 5.19. The van der Waals surface area contributed by atoms with E-state index in [-0.39, 0.29) is 0 Å². The zero-order valence-electron chi connectivity index (χ0n) is 33.7. The van der Waals surface area contributed by atoms with Crippen molar-refractivity contribution >= 4 is 11.8 Å². The Morgan fingerprint density at radius 1 is 0.290 bits per heavy atom. The highest BCUT2D eigenvalue weighted by Gasteiger charge is 2.50. The second-order valence-electron chi connectivity index (χ2n) is 16.0. The van der Waals surface area contributed by atoms with Crippen molar-refractivity contribution in [3.8, 4) is 78.4 Å². The molecule has 2 aliphatic rings. The molecule has 3 heteroatoms. The van der Waals surface area contributed by atoms with Gasteiger partial charge in [-0.25, -0.2) is 9.97 Å². The third kappa shape index (κ3) is 5.81. The number of nitrogens with zero attached hydrogens (tertiary/aromatic N) is 2. The minimum atomic E-state index is -0.450. The van der Waals surface area contributed by atoms with E-state index in [1.54, 1.807) is 0 Å². The summed E-state index contributed by atoms with van der Waals surface area (Å²) in [5.41, 5.74) is 19.4. The SMILES string of the molecule is c1ccc(-c2cc(-c3cccc(-c4cccc(-c5ccc6c(c5)C5(c7ccccc7S6)c6ccccc6-c6ccccc65)c4-c4ccccc4)c3)nc(-c3ccccc3)n2)cc1. The zero-order valence-corrected chi connectivity index (χ0v) is 34.6. The highest BCUT2D eigenvalue weighted by Crippen LogP contribution is 2.62. The summed E-state index contributed by atoms with van der Waals surface area (Å²) in [6.07, 6.45) is 0. The first-order valence-electron chi connectivity index (χ1n) is 21.1. The molecular weight excluding hydrogens is 769 g/mol. The number of fused-ring (bicyclic) bond motifs is 9. The van der Waals surface area contributed by atoms with Crippen molar-refractivity contribution in [3.63, 3.8) is 0 Å². The smallest absolute Gasteiger partial charge is 0.160 e. The van der Waals surface area contributed by atoms with Gasteiger partial charge in [-0.1, -0.05) is 212 Å². The lowest BCUT2D eigenvalue weighted by Gasteiger charge is -2.40. The van der Waals surface area contributed by atoms with Crippen LogP contribution in [0, 0.1) is 0 Å². The van der Waals surface area contributed by atoms with E-state index in [9.17, 15) is 0 Å². The molecule has 10 aromatic rings. The maximum atomic E-state index is 5.19.